The highest BCUT2D eigenvalue weighted by molar-refractivity contribution is 7.18. The molecule has 0 radical (unpaired) electrons. The highest BCUT2D eigenvalue weighted by Gasteiger charge is 2.32. The van der Waals surface area contributed by atoms with E-state index in [4.69, 9.17) is 5.11 Å². The highest BCUT2D eigenvalue weighted by Crippen LogP contribution is 2.33. The maximum absolute atomic E-state index is 11.0. The van der Waals surface area contributed by atoms with Gasteiger partial charge in [-0.15, -0.1) is 11.3 Å². The van der Waals surface area contributed by atoms with Crippen LogP contribution in [0, 0.1) is 12.8 Å². The molecule has 4 nitrogen and oxygen atoms in total. The zero-order chi connectivity index (χ0) is 20.5. The Bertz CT molecular complexity index is 1020. The third kappa shape index (κ3) is 4.26. The molecule has 0 unspecified atom stereocenters. The summed E-state index contributed by atoms with van der Waals surface area (Å²) in [6.45, 7) is 8.62. The van der Waals surface area contributed by atoms with Gasteiger partial charge < -0.3 is 5.11 Å². The largest absolute Gasteiger partial charge is 0.481 e. The Balaban J connectivity index is 1.47. The molecular formula is C24H26N2O2S. The average molecular weight is 407 g/mol. The number of likely N-dealkylation sites (tertiary alicyclic amines) is 1. The molecule has 29 heavy (non-hydrogen) atoms. The zero-order valence-electron chi connectivity index (χ0n) is 17.1. The molecule has 0 atom stereocenters. The molecule has 0 spiro atoms. The molecule has 2 aromatic carbocycles. The Kier molecular flexibility index (Phi) is 5.52. The van der Waals surface area contributed by atoms with E-state index in [1.54, 1.807) is 11.3 Å². The van der Waals surface area contributed by atoms with E-state index in [2.05, 4.69) is 73.1 Å². The number of carboxylic acid groups (broad SMARTS) is 1. The van der Waals surface area contributed by atoms with Gasteiger partial charge in [-0.1, -0.05) is 50.2 Å². The van der Waals surface area contributed by atoms with Crippen molar-refractivity contribution in [1.29, 1.82) is 0 Å². The molecule has 2 heterocycles. The van der Waals surface area contributed by atoms with E-state index in [0.717, 1.165) is 17.1 Å². The third-order valence-corrected chi connectivity index (χ3v) is 6.75. The Hall–Kier alpha value is -2.50. The fraction of sp³-hybridized carbons (Fsp3) is 0.333. The first kappa shape index (κ1) is 19.8. The summed E-state index contributed by atoms with van der Waals surface area (Å²) >= 11 is 1.71. The third-order valence-electron chi connectivity index (χ3n) is 5.66. The van der Waals surface area contributed by atoms with Crippen molar-refractivity contribution in [2.24, 2.45) is 5.92 Å². The lowest BCUT2D eigenvalue weighted by Gasteiger charge is -2.36. The molecule has 0 aliphatic carbocycles. The van der Waals surface area contributed by atoms with Gasteiger partial charge in [0.1, 0.15) is 5.01 Å². The van der Waals surface area contributed by atoms with Gasteiger partial charge in [0.15, 0.2) is 0 Å². The molecule has 5 heteroatoms. The average Bonchev–Trinajstić information content (AvgIpc) is 3.15. The van der Waals surface area contributed by atoms with Crippen LogP contribution in [0.15, 0.2) is 48.7 Å². The van der Waals surface area contributed by atoms with Crippen molar-refractivity contribution in [2.75, 3.05) is 13.1 Å². The fourth-order valence-corrected chi connectivity index (χ4v) is 4.59. The summed E-state index contributed by atoms with van der Waals surface area (Å²) in [5.41, 5.74) is 6.16. The maximum atomic E-state index is 11.0. The molecule has 0 bridgehead atoms. The SMILES string of the molecule is Cc1cc(-c2ncc(-c3ccc(C(C)C)cc3)s2)ccc1CN1CC(C(=O)O)C1. The first-order chi connectivity index (χ1) is 13.9. The first-order valence-electron chi connectivity index (χ1n) is 10.0. The summed E-state index contributed by atoms with van der Waals surface area (Å²) < 4.78 is 0. The van der Waals surface area contributed by atoms with Crippen LogP contribution in [-0.4, -0.2) is 34.0 Å². The fourth-order valence-electron chi connectivity index (χ4n) is 3.68. The summed E-state index contributed by atoms with van der Waals surface area (Å²) in [5, 5.41) is 10.0. The lowest BCUT2D eigenvalue weighted by molar-refractivity contribution is -0.147. The molecular weight excluding hydrogens is 380 g/mol. The number of aromatic nitrogens is 1. The summed E-state index contributed by atoms with van der Waals surface area (Å²) in [4.78, 5) is 19.0. The molecule has 1 N–H and O–H groups in total. The molecule has 1 aliphatic rings. The van der Waals surface area contributed by atoms with Gasteiger partial charge in [-0.25, -0.2) is 4.98 Å². The number of benzene rings is 2. The number of nitrogens with zero attached hydrogens (tertiary/aromatic N) is 2. The molecule has 0 amide bonds. The van der Waals surface area contributed by atoms with Gasteiger partial charge >= 0.3 is 5.97 Å². The molecule has 0 saturated carbocycles. The normalized spacial score (nSPS) is 14.9. The maximum Gasteiger partial charge on any atom is 0.309 e. The van der Waals surface area contributed by atoms with Gasteiger partial charge in [-0.2, -0.15) is 0 Å². The second-order valence-electron chi connectivity index (χ2n) is 8.18. The number of thiazole rings is 1. The smallest absolute Gasteiger partial charge is 0.309 e. The van der Waals surface area contributed by atoms with E-state index < -0.39 is 5.97 Å². The van der Waals surface area contributed by atoms with Crippen LogP contribution in [0.5, 0.6) is 0 Å². The summed E-state index contributed by atoms with van der Waals surface area (Å²) in [6, 6.07) is 15.2. The van der Waals surface area contributed by atoms with E-state index in [1.165, 1.54) is 27.1 Å². The number of rotatable bonds is 6. The molecule has 150 valence electrons. The predicted octanol–water partition coefficient (Wildman–Crippen LogP) is 5.43. The monoisotopic (exact) mass is 406 g/mol. The molecule has 1 aromatic heterocycles. The minimum absolute atomic E-state index is 0.210. The lowest BCUT2D eigenvalue weighted by atomic mass is 9.98. The summed E-state index contributed by atoms with van der Waals surface area (Å²) in [5.74, 6) is -0.363. The van der Waals surface area contributed by atoms with Gasteiger partial charge in [0, 0.05) is 31.4 Å². The van der Waals surface area contributed by atoms with Crippen LogP contribution in [-0.2, 0) is 11.3 Å². The van der Waals surface area contributed by atoms with Gasteiger partial charge in [-0.05, 0) is 41.2 Å². The minimum atomic E-state index is -0.688. The number of aliphatic carboxylic acids is 1. The van der Waals surface area contributed by atoms with Crippen molar-refractivity contribution in [3.63, 3.8) is 0 Å². The Morgan fingerprint density at radius 1 is 1.17 bits per heavy atom. The topological polar surface area (TPSA) is 53.4 Å². The Morgan fingerprint density at radius 2 is 1.86 bits per heavy atom. The Morgan fingerprint density at radius 3 is 2.48 bits per heavy atom. The highest BCUT2D eigenvalue weighted by atomic mass is 32.1. The minimum Gasteiger partial charge on any atom is -0.481 e. The van der Waals surface area contributed by atoms with Crippen molar-refractivity contribution < 1.29 is 9.90 Å². The number of aryl methyl sites for hydroxylation is 1. The second kappa shape index (κ2) is 8.09. The van der Waals surface area contributed by atoms with Crippen molar-refractivity contribution in [3.05, 3.63) is 65.4 Å². The van der Waals surface area contributed by atoms with Crippen LogP contribution >= 0.6 is 11.3 Å². The summed E-state index contributed by atoms with van der Waals surface area (Å²) in [6.07, 6.45) is 1.96. The summed E-state index contributed by atoms with van der Waals surface area (Å²) in [7, 11) is 0. The van der Waals surface area contributed by atoms with Crippen LogP contribution in [0.2, 0.25) is 0 Å². The van der Waals surface area contributed by atoms with Crippen molar-refractivity contribution >= 4 is 17.3 Å². The van der Waals surface area contributed by atoms with Gasteiger partial charge in [0.25, 0.3) is 0 Å². The molecule has 1 saturated heterocycles. The number of carboxylic acids is 1. The zero-order valence-corrected chi connectivity index (χ0v) is 17.9. The van der Waals surface area contributed by atoms with Gasteiger partial charge in [0.2, 0.25) is 0 Å². The quantitative estimate of drug-likeness (QED) is 0.593. The van der Waals surface area contributed by atoms with Gasteiger partial charge in [0.05, 0.1) is 10.8 Å². The van der Waals surface area contributed by atoms with Crippen molar-refractivity contribution in [2.45, 2.75) is 33.2 Å². The van der Waals surface area contributed by atoms with Crippen LogP contribution < -0.4 is 0 Å². The van der Waals surface area contributed by atoms with Crippen LogP contribution in [0.3, 0.4) is 0 Å². The molecule has 1 fully saturated rings. The van der Waals surface area contributed by atoms with E-state index in [1.807, 2.05) is 6.20 Å². The van der Waals surface area contributed by atoms with Crippen LogP contribution in [0.4, 0.5) is 0 Å². The first-order valence-corrected chi connectivity index (χ1v) is 10.8. The number of hydrogen-bond donors (Lipinski definition) is 1. The van der Waals surface area contributed by atoms with Crippen LogP contribution in [0.25, 0.3) is 21.0 Å². The lowest BCUT2D eigenvalue weighted by Crippen LogP contribution is -2.49. The van der Waals surface area contributed by atoms with E-state index in [9.17, 15) is 4.79 Å². The van der Waals surface area contributed by atoms with E-state index >= 15 is 0 Å². The van der Waals surface area contributed by atoms with Crippen molar-refractivity contribution in [1.82, 2.24) is 9.88 Å². The Labute approximate surface area is 175 Å². The van der Waals surface area contributed by atoms with Crippen molar-refractivity contribution in [3.8, 4) is 21.0 Å². The molecule has 3 aromatic rings. The van der Waals surface area contributed by atoms with E-state index in [-0.39, 0.29) is 5.92 Å². The molecule has 4 rings (SSSR count). The second-order valence-corrected chi connectivity index (χ2v) is 9.21. The number of carbonyl (C=O) groups is 1. The molecule has 1 aliphatic heterocycles. The number of hydrogen-bond acceptors (Lipinski definition) is 4. The van der Waals surface area contributed by atoms with E-state index in [0.29, 0.717) is 19.0 Å². The predicted molar refractivity (Wildman–Crippen MR) is 118 cm³/mol. The van der Waals surface area contributed by atoms with Gasteiger partial charge in [-0.3, -0.25) is 9.69 Å². The standard InChI is InChI=1S/C24H26N2O2S/c1-15(2)17-4-6-18(7-5-17)22-11-25-23(29-22)19-8-9-20(16(3)10-19)12-26-13-21(14-26)24(27)28/h4-11,15,21H,12-14H2,1-3H3,(H,27,28). The van der Waals surface area contributed by atoms with Crippen LogP contribution in [0.1, 0.15) is 36.5 Å².